The fraction of sp³-hybridized carbons (Fsp3) is 0. The van der Waals surface area contributed by atoms with Crippen molar-refractivity contribution in [3.05, 3.63) is 42.0 Å². The smallest absolute Gasteiger partial charge is 0.142 e. The number of rotatable bonds is 1. The number of H-pyrrole nitrogens is 1. The molecule has 0 bridgehead atoms. The number of aromatic nitrogens is 1. The van der Waals surface area contributed by atoms with Crippen molar-refractivity contribution < 1.29 is 9.50 Å². The Morgan fingerprint density at radius 2 is 1.93 bits per heavy atom. The van der Waals surface area contributed by atoms with Crippen molar-refractivity contribution in [1.82, 2.24) is 4.98 Å². The molecule has 1 heterocycles. The van der Waals surface area contributed by atoms with Crippen molar-refractivity contribution in [2.75, 3.05) is 0 Å². The van der Waals surface area contributed by atoms with Gasteiger partial charge in [0.25, 0.3) is 0 Å². The van der Waals surface area contributed by atoms with Crippen molar-refractivity contribution in [3.63, 3.8) is 0 Å². The number of terminal acetylenes is 1. The first-order chi connectivity index (χ1) is 7.22. The van der Waals surface area contributed by atoms with Crippen LogP contribution in [-0.4, -0.2) is 10.1 Å². The molecule has 3 heteroatoms. The van der Waals surface area contributed by atoms with E-state index < -0.39 is 0 Å². The van der Waals surface area contributed by atoms with E-state index in [9.17, 15) is 9.50 Å². The molecule has 2 aromatic rings. The summed E-state index contributed by atoms with van der Waals surface area (Å²) in [5.41, 5.74) is 1.69. The predicted octanol–water partition coefficient (Wildman–Crippen LogP) is 2.51. The van der Waals surface area contributed by atoms with E-state index in [1.54, 1.807) is 12.1 Å². The van der Waals surface area contributed by atoms with Crippen LogP contribution in [0.15, 0.2) is 30.5 Å². The van der Waals surface area contributed by atoms with E-state index in [4.69, 9.17) is 6.42 Å². The summed E-state index contributed by atoms with van der Waals surface area (Å²) in [6.45, 7) is 0. The van der Waals surface area contributed by atoms with Crippen LogP contribution in [0.3, 0.4) is 0 Å². The first-order valence-corrected chi connectivity index (χ1v) is 4.35. The summed E-state index contributed by atoms with van der Waals surface area (Å²) in [6, 6.07) is 5.78. The Morgan fingerprint density at radius 1 is 1.27 bits per heavy atom. The van der Waals surface area contributed by atoms with Crippen LogP contribution in [0.4, 0.5) is 4.39 Å². The minimum atomic E-state index is -0.323. The Kier molecular flexibility index (Phi) is 2.18. The third-order valence-electron chi connectivity index (χ3n) is 2.14. The number of benzene rings is 1. The fourth-order valence-electron chi connectivity index (χ4n) is 1.44. The standard InChI is InChI=1S/C12H8FNO/c1-2-10-12(11(15)7-14-10)8-3-5-9(13)6-4-8/h1,3-7,14-15H. The van der Waals surface area contributed by atoms with Crippen molar-refractivity contribution in [1.29, 1.82) is 0 Å². The number of hydrogen-bond donors (Lipinski definition) is 2. The molecule has 0 atom stereocenters. The first-order valence-electron chi connectivity index (χ1n) is 4.35. The lowest BCUT2D eigenvalue weighted by Gasteiger charge is -2.00. The molecule has 0 radical (unpaired) electrons. The molecule has 0 aliphatic heterocycles. The highest BCUT2D eigenvalue weighted by Gasteiger charge is 2.10. The molecule has 2 rings (SSSR count). The maximum absolute atomic E-state index is 12.7. The Morgan fingerprint density at radius 3 is 2.53 bits per heavy atom. The largest absolute Gasteiger partial charge is 0.506 e. The summed E-state index contributed by atoms with van der Waals surface area (Å²) in [5, 5.41) is 9.56. The van der Waals surface area contributed by atoms with E-state index in [2.05, 4.69) is 10.9 Å². The van der Waals surface area contributed by atoms with E-state index in [0.29, 0.717) is 16.8 Å². The molecule has 0 fully saturated rings. The Bertz CT molecular complexity index is 520. The molecule has 2 N–H and O–H groups in total. The molecule has 0 aliphatic rings. The molecule has 0 saturated carbocycles. The van der Waals surface area contributed by atoms with Gasteiger partial charge >= 0.3 is 0 Å². The second kappa shape index (κ2) is 3.50. The van der Waals surface area contributed by atoms with Crippen LogP contribution in [0.25, 0.3) is 11.1 Å². The van der Waals surface area contributed by atoms with Gasteiger partial charge in [0.05, 0.1) is 5.56 Å². The summed E-state index contributed by atoms with van der Waals surface area (Å²) in [5.74, 6) is 2.16. The van der Waals surface area contributed by atoms with Crippen LogP contribution in [0.1, 0.15) is 5.69 Å². The lowest BCUT2D eigenvalue weighted by molar-refractivity contribution is 0.478. The molecule has 0 unspecified atom stereocenters. The highest BCUT2D eigenvalue weighted by molar-refractivity contribution is 5.75. The van der Waals surface area contributed by atoms with E-state index in [0.717, 1.165) is 0 Å². The normalized spacial score (nSPS) is 9.87. The fourth-order valence-corrected chi connectivity index (χ4v) is 1.44. The van der Waals surface area contributed by atoms with Gasteiger partial charge in [-0.1, -0.05) is 18.1 Å². The van der Waals surface area contributed by atoms with Gasteiger partial charge in [0.2, 0.25) is 0 Å². The highest BCUT2D eigenvalue weighted by atomic mass is 19.1. The lowest BCUT2D eigenvalue weighted by atomic mass is 10.1. The zero-order valence-electron chi connectivity index (χ0n) is 7.79. The molecular weight excluding hydrogens is 193 g/mol. The van der Waals surface area contributed by atoms with Gasteiger partial charge < -0.3 is 10.1 Å². The van der Waals surface area contributed by atoms with Crippen LogP contribution < -0.4 is 0 Å². The lowest BCUT2D eigenvalue weighted by Crippen LogP contribution is -1.81. The third-order valence-corrected chi connectivity index (χ3v) is 2.14. The Labute approximate surface area is 86.4 Å². The van der Waals surface area contributed by atoms with Gasteiger partial charge in [0.15, 0.2) is 0 Å². The van der Waals surface area contributed by atoms with Gasteiger partial charge in [-0.25, -0.2) is 4.39 Å². The van der Waals surface area contributed by atoms with Crippen molar-refractivity contribution in [2.45, 2.75) is 0 Å². The zero-order valence-corrected chi connectivity index (χ0v) is 7.79. The SMILES string of the molecule is C#Cc1[nH]cc(O)c1-c1ccc(F)cc1. The molecule has 15 heavy (non-hydrogen) atoms. The predicted molar refractivity (Wildman–Crippen MR) is 55.8 cm³/mol. The molecule has 0 spiro atoms. The van der Waals surface area contributed by atoms with Gasteiger partial charge in [0.1, 0.15) is 17.3 Å². The molecular formula is C12H8FNO. The summed E-state index contributed by atoms with van der Waals surface area (Å²) < 4.78 is 12.7. The monoisotopic (exact) mass is 201 g/mol. The van der Waals surface area contributed by atoms with Crippen LogP contribution in [0.5, 0.6) is 5.75 Å². The zero-order chi connectivity index (χ0) is 10.8. The van der Waals surface area contributed by atoms with Crippen molar-refractivity contribution >= 4 is 0 Å². The summed E-state index contributed by atoms with van der Waals surface area (Å²) in [6.07, 6.45) is 6.68. The topological polar surface area (TPSA) is 36.0 Å². The number of aromatic hydroxyl groups is 1. The molecule has 1 aromatic heterocycles. The first kappa shape index (κ1) is 9.35. The molecule has 2 nitrogen and oxygen atoms in total. The van der Waals surface area contributed by atoms with Gasteiger partial charge in [0, 0.05) is 6.20 Å². The summed E-state index contributed by atoms with van der Waals surface area (Å²) in [7, 11) is 0. The minimum absolute atomic E-state index is 0.0644. The summed E-state index contributed by atoms with van der Waals surface area (Å²) in [4.78, 5) is 2.76. The molecule has 1 aromatic carbocycles. The van der Waals surface area contributed by atoms with Crippen molar-refractivity contribution in [3.8, 4) is 29.2 Å². The number of aromatic amines is 1. The third kappa shape index (κ3) is 1.57. The summed E-state index contributed by atoms with van der Waals surface area (Å²) >= 11 is 0. The second-order valence-electron chi connectivity index (χ2n) is 3.08. The second-order valence-corrected chi connectivity index (χ2v) is 3.08. The molecule has 0 saturated heterocycles. The van der Waals surface area contributed by atoms with Gasteiger partial charge in [-0.05, 0) is 17.7 Å². The van der Waals surface area contributed by atoms with Gasteiger partial charge in [-0.15, -0.1) is 6.42 Å². The average Bonchev–Trinajstić information content (AvgIpc) is 2.61. The Hall–Kier alpha value is -2.21. The van der Waals surface area contributed by atoms with Crippen LogP contribution in [0, 0.1) is 18.2 Å². The van der Waals surface area contributed by atoms with Crippen molar-refractivity contribution in [2.24, 2.45) is 0 Å². The van der Waals surface area contributed by atoms with Crippen LogP contribution >= 0.6 is 0 Å². The number of halogens is 1. The minimum Gasteiger partial charge on any atom is -0.506 e. The molecule has 0 amide bonds. The number of nitrogens with one attached hydrogen (secondary N) is 1. The van der Waals surface area contributed by atoms with Gasteiger partial charge in [-0.3, -0.25) is 0 Å². The average molecular weight is 201 g/mol. The van der Waals surface area contributed by atoms with Crippen LogP contribution in [-0.2, 0) is 0 Å². The quantitative estimate of drug-likeness (QED) is 0.683. The van der Waals surface area contributed by atoms with Gasteiger partial charge in [-0.2, -0.15) is 0 Å². The maximum Gasteiger partial charge on any atom is 0.142 e. The highest BCUT2D eigenvalue weighted by Crippen LogP contribution is 2.31. The van der Waals surface area contributed by atoms with E-state index in [-0.39, 0.29) is 11.6 Å². The van der Waals surface area contributed by atoms with Crippen LogP contribution in [0.2, 0.25) is 0 Å². The molecule has 0 aliphatic carbocycles. The molecule has 74 valence electrons. The van der Waals surface area contributed by atoms with E-state index in [1.807, 2.05) is 0 Å². The Balaban J connectivity index is 2.59. The number of hydrogen-bond acceptors (Lipinski definition) is 1. The van der Waals surface area contributed by atoms with E-state index in [1.165, 1.54) is 18.3 Å². The van der Waals surface area contributed by atoms with E-state index >= 15 is 0 Å². The maximum atomic E-state index is 12.7.